The van der Waals surface area contributed by atoms with Crippen molar-refractivity contribution >= 4 is 39.1 Å². The highest BCUT2D eigenvalue weighted by Gasteiger charge is 2.34. The van der Waals surface area contributed by atoms with Crippen molar-refractivity contribution in [3.63, 3.8) is 0 Å². The number of carbonyl (C=O) groups excluding carboxylic acids is 2. The summed E-state index contributed by atoms with van der Waals surface area (Å²) in [5.41, 5.74) is 2.69. The van der Waals surface area contributed by atoms with Gasteiger partial charge in [-0.05, 0) is 69.5 Å². The Bertz CT molecular complexity index is 1410. The predicted octanol–water partition coefficient (Wildman–Crippen LogP) is 5.48. The van der Waals surface area contributed by atoms with Gasteiger partial charge in [0, 0.05) is 17.6 Å². The molecule has 0 radical (unpaired) electrons. The highest BCUT2D eigenvalue weighted by Crippen LogP contribution is 2.31. The molecule has 0 aliphatic rings. The molecule has 0 heterocycles. The maximum Gasteiger partial charge on any atom is 0.264 e. The van der Waals surface area contributed by atoms with Crippen molar-refractivity contribution in [1.82, 2.24) is 10.2 Å². The maximum atomic E-state index is 14.1. The fourth-order valence-corrected chi connectivity index (χ4v) is 6.07. The van der Waals surface area contributed by atoms with Crippen LogP contribution in [0.1, 0.15) is 43.9 Å². The Morgan fingerprint density at radius 2 is 1.62 bits per heavy atom. The Balaban J connectivity index is 2.10. The van der Waals surface area contributed by atoms with Crippen molar-refractivity contribution in [2.24, 2.45) is 0 Å². The molecule has 3 aromatic rings. The van der Waals surface area contributed by atoms with E-state index in [2.05, 4.69) is 5.32 Å². The lowest BCUT2D eigenvalue weighted by Gasteiger charge is -2.34. The number of aryl methyl sites for hydroxylation is 1. The lowest BCUT2D eigenvalue weighted by Crippen LogP contribution is -2.53. The summed E-state index contributed by atoms with van der Waals surface area (Å²) in [6.45, 7) is 8.86. The number of rotatable bonds is 11. The second-order valence-corrected chi connectivity index (χ2v) is 12.1. The number of amides is 2. The zero-order valence-electron chi connectivity index (χ0n) is 23.0. The van der Waals surface area contributed by atoms with Crippen molar-refractivity contribution in [1.29, 1.82) is 0 Å². The SMILES string of the molecule is CC[C@H](C(=O)NC(C)C)N(Cc1cccc(C)c1)C(=O)CN(c1cccc(Cl)c1C)S(=O)(=O)c1ccccc1. The molecule has 0 saturated heterocycles. The molecule has 2 amide bonds. The van der Waals surface area contributed by atoms with Crippen molar-refractivity contribution in [2.75, 3.05) is 10.8 Å². The average Bonchev–Trinajstić information content (AvgIpc) is 2.89. The molecular formula is C30H36ClN3O4S. The molecule has 208 valence electrons. The quantitative estimate of drug-likeness (QED) is 0.331. The van der Waals surface area contributed by atoms with E-state index < -0.39 is 28.5 Å². The van der Waals surface area contributed by atoms with Crippen LogP contribution >= 0.6 is 11.6 Å². The summed E-state index contributed by atoms with van der Waals surface area (Å²) >= 11 is 6.37. The number of sulfonamides is 1. The minimum absolute atomic E-state index is 0.0482. The summed E-state index contributed by atoms with van der Waals surface area (Å²) < 4.78 is 28.9. The van der Waals surface area contributed by atoms with Gasteiger partial charge in [-0.2, -0.15) is 0 Å². The lowest BCUT2D eigenvalue weighted by molar-refractivity contribution is -0.140. The van der Waals surface area contributed by atoms with Crippen LogP contribution in [-0.2, 0) is 26.2 Å². The fraction of sp³-hybridized carbons (Fsp3) is 0.333. The summed E-state index contributed by atoms with van der Waals surface area (Å²) in [7, 11) is -4.15. The van der Waals surface area contributed by atoms with Gasteiger partial charge >= 0.3 is 0 Å². The highest BCUT2D eigenvalue weighted by molar-refractivity contribution is 7.92. The molecule has 0 unspecified atom stereocenters. The van der Waals surface area contributed by atoms with E-state index in [0.717, 1.165) is 15.4 Å². The Morgan fingerprint density at radius 1 is 0.949 bits per heavy atom. The molecule has 9 heteroatoms. The van der Waals surface area contributed by atoms with Crippen LogP contribution in [0.4, 0.5) is 5.69 Å². The van der Waals surface area contributed by atoms with Crippen LogP contribution in [0, 0.1) is 13.8 Å². The van der Waals surface area contributed by atoms with Crippen LogP contribution in [0.2, 0.25) is 5.02 Å². The molecule has 3 rings (SSSR count). The Hall–Kier alpha value is -3.36. The van der Waals surface area contributed by atoms with E-state index >= 15 is 0 Å². The first-order chi connectivity index (χ1) is 18.4. The van der Waals surface area contributed by atoms with Crippen LogP contribution in [0.25, 0.3) is 0 Å². The predicted molar refractivity (Wildman–Crippen MR) is 156 cm³/mol. The molecule has 7 nitrogen and oxygen atoms in total. The van der Waals surface area contributed by atoms with Gasteiger partial charge in [0.1, 0.15) is 12.6 Å². The minimum atomic E-state index is -4.15. The van der Waals surface area contributed by atoms with Gasteiger partial charge in [-0.3, -0.25) is 13.9 Å². The third kappa shape index (κ3) is 7.40. The van der Waals surface area contributed by atoms with Crippen LogP contribution in [-0.4, -0.2) is 43.8 Å². The monoisotopic (exact) mass is 569 g/mol. The molecule has 0 bridgehead atoms. The molecule has 39 heavy (non-hydrogen) atoms. The van der Waals surface area contributed by atoms with Gasteiger partial charge in [-0.25, -0.2) is 8.42 Å². The first-order valence-corrected chi connectivity index (χ1v) is 14.8. The molecule has 1 atom stereocenters. The smallest absolute Gasteiger partial charge is 0.264 e. The molecule has 0 saturated carbocycles. The van der Waals surface area contributed by atoms with Crippen molar-refractivity contribution in [3.05, 3.63) is 94.5 Å². The van der Waals surface area contributed by atoms with Crippen molar-refractivity contribution in [2.45, 2.75) is 64.6 Å². The number of benzene rings is 3. The van der Waals surface area contributed by atoms with E-state index in [-0.39, 0.29) is 23.4 Å². The van der Waals surface area contributed by atoms with Crippen LogP contribution in [0.15, 0.2) is 77.7 Å². The largest absolute Gasteiger partial charge is 0.352 e. The Labute approximate surface area is 236 Å². The second-order valence-electron chi connectivity index (χ2n) is 9.81. The molecule has 0 fully saturated rings. The number of nitrogens with one attached hydrogen (secondary N) is 1. The van der Waals surface area contributed by atoms with E-state index in [9.17, 15) is 18.0 Å². The topological polar surface area (TPSA) is 86.8 Å². The summed E-state index contributed by atoms with van der Waals surface area (Å²) in [4.78, 5) is 28.8. The van der Waals surface area contributed by atoms with Crippen molar-refractivity contribution in [3.8, 4) is 0 Å². The van der Waals surface area contributed by atoms with Crippen LogP contribution < -0.4 is 9.62 Å². The van der Waals surface area contributed by atoms with Crippen molar-refractivity contribution < 1.29 is 18.0 Å². The van der Waals surface area contributed by atoms with E-state index in [4.69, 9.17) is 11.6 Å². The number of carbonyl (C=O) groups is 2. The van der Waals surface area contributed by atoms with Gasteiger partial charge in [-0.15, -0.1) is 0 Å². The van der Waals surface area contributed by atoms with E-state index in [1.54, 1.807) is 43.3 Å². The number of nitrogens with zero attached hydrogens (tertiary/aromatic N) is 2. The van der Waals surface area contributed by atoms with Gasteiger partial charge in [0.15, 0.2) is 0 Å². The van der Waals surface area contributed by atoms with Gasteiger partial charge in [0.05, 0.1) is 10.6 Å². The minimum Gasteiger partial charge on any atom is -0.352 e. The number of hydrogen-bond acceptors (Lipinski definition) is 4. The van der Waals surface area contributed by atoms with Gasteiger partial charge in [0.25, 0.3) is 10.0 Å². The first-order valence-electron chi connectivity index (χ1n) is 12.9. The molecule has 0 aliphatic carbocycles. The van der Waals surface area contributed by atoms with Crippen LogP contribution in [0.3, 0.4) is 0 Å². The van der Waals surface area contributed by atoms with Gasteiger partial charge in [-0.1, -0.05) is 72.6 Å². The summed E-state index contributed by atoms with van der Waals surface area (Å²) in [5.74, 6) is -0.786. The normalized spacial score (nSPS) is 12.2. The molecule has 3 aromatic carbocycles. The molecule has 0 aliphatic heterocycles. The molecule has 1 N–H and O–H groups in total. The molecular weight excluding hydrogens is 534 g/mol. The summed E-state index contributed by atoms with van der Waals surface area (Å²) in [6.07, 6.45) is 0.359. The van der Waals surface area contributed by atoms with E-state index in [0.29, 0.717) is 22.7 Å². The first kappa shape index (κ1) is 30.2. The number of hydrogen-bond donors (Lipinski definition) is 1. The number of anilines is 1. The summed E-state index contributed by atoms with van der Waals surface area (Å²) in [5, 5.41) is 3.28. The van der Waals surface area contributed by atoms with Gasteiger partial charge < -0.3 is 10.2 Å². The Kier molecular flexibility index (Phi) is 10.2. The fourth-order valence-electron chi connectivity index (χ4n) is 4.41. The van der Waals surface area contributed by atoms with Gasteiger partial charge in [0.2, 0.25) is 11.8 Å². The lowest BCUT2D eigenvalue weighted by atomic mass is 10.1. The molecule has 0 aromatic heterocycles. The van der Waals surface area contributed by atoms with Crippen LogP contribution in [0.5, 0.6) is 0 Å². The molecule has 0 spiro atoms. The maximum absolute atomic E-state index is 14.1. The highest BCUT2D eigenvalue weighted by atomic mass is 35.5. The Morgan fingerprint density at radius 3 is 2.23 bits per heavy atom. The second kappa shape index (κ2) is 13.1. The third-order valence-corrected chi connectivity index (χ3v) is 8.55. The standard InChI is InChI=1S/C30H36ClN3O4S/c1-6-27(30(36)32-21(2)3)33(19-24-13-10-12-22(4)18-24)29(35)20-34(28-17-11-16-26(31)23(28)5)39(37,38)25-14-8-7-9-15-25/h7-18,21,27H,6,19-20H2,1-5H3,(H,32,36)/t27-/m1/s1. The average molecular weight is 570 g/mol. The third-order valence-electron chi connectivity index (χ3n) is 6.37. The van der Waals surface area contributed by atoms with E-state index in [1.807, 2.05) is 52.0 Å². The van der Waals surface area contributed by atoms with E-state index in [1.165, 1.54) is 17.0 Å². The zero-order valence-corrected chi connectivity index (χ0v) is 24.6. The number of halogens is 1. The summed E-state index contributed by atoms with van der Waals surface area (Å²) in [6, 6.07) is 19.7. The zero-order chi connectivity index (χ0) is 28.7.